The summed E-state index contributed by atoms with van der Waals surface area (Å²) in [6, 6.07) is 5.37. The van der Waals surface area contributed by atoms with E-state index in [9.17, 15) is 4.57 Å². The van der Waals surface area contributed by atoms with Gasteiger partial charge in [0.05, 0.1) is 19.8 Å². The van der Waals surface area contributed by atoms with E-state index in [4.69, 9.17) is 18.9 Å². The van der Waals surface area contributed by atoms with Gasteiger partial charge < -0.3 is 9.47 Å². The predicted octanol–water partition coefficient (Wildman–Crippen LogP) is 2.36. The van der Waals surface area contributed by atoms with Gasteiger partial charge in [-0.3, -0.25) is 0 Å². The van der Waals surface area contributed by atoms with Crippen molar-refractivity contribution in [3.8, 4) is 11.5 Å². The Bertz CT molecular complexity index is 419. The Balaban J connectivity index is 2.46. The number of ether oxygens (including phenoxy) is 2. The first-order valence-electron chi connectivity index (χ1n) is 5.20. The van der Waals surface area contributed by atoms with Crippen molar-refractivity contribution in [1.29, 1.82) is 0 Å². The summed E-state index contributed by atoms with van der Waals surface area (Å²) in [5.41, 5.74) is -0.0254. The molecule has 1 saturated carbocycles. The van der Waals surface area contributed by atoms with Crippen LogP contribution in [-0.2, 0) is 14.7 Å². The molecule has 0 amide bonds. The molecule has 0 spiro atoms. The molecule has 0 bridgehead atoms. The van der Waals surface area contributed by atoms with Crippen molar-refractivity contribution >= 4 is 8.25 Å². The molecule has 0 radical (unpaired) electrons. The van der Waals surface area contributed by atoms with Crippen LogP contribution in [0.25, 0.3) is 0 Å². The fourth-order valence-corrected chi connectivity index (χ4v) is 2.52. The average Bonchev–Trinajstić information content (AvgIpc) is 3.07. The monoisotopic (exact) mass is 257 g/mol. The van der Waals surface area contributed by atoms with Crippen LogP contribution in [0.3, 0.4) is 0 Å². The highest BCUT2D eigenvalue weighted by Gasteiger charge is 2.56. The van der Waals surface area contributed by atoms with E-state index in [0.717, 1.165) is 0 Å². The average molecular weight is 257 g/mol. The second-order valence-corrected chi connectivity index (χ2v) is 4.52. The van der Waals surface area contributed by atoms with E-state index in [-0.39, 0.29) is 0 Å². The first-order valence-corrected chi connectivity index (χ1v) is 6.33. The third-order valence-electron chi connectivity index (χ3n) is 2.84. The van der Waals surface area contributed by atoms with Crippen molar-refractivity contribution in [2.24, 2.45) is 0 Å². The van der Waals surface area contributed by atoms with Gasteiger partial charge in [0, 0.05) is 4.57 Å². The topological polar surface area (TPSA) is 65.0 Å². The highest BCUT2D eigenvalue weighted by molar-refractivity contribution is 7.32. The summed E-state index contributed by atoms with van der Waals surface area (Å²) in [6.07, 6.45) is 1.37. The zero-order chi connectivity index (χ0) is 12.5. The molecule has 0 aliphatic heterocycles. The zero-order valence-electron chi connectivity index (χ0n) is 9.67. The Hall–Kier alpha value is -1.16. The predicted molar refractivity (Wildman–Crippen MR) is 61.4 cm³/mol. The van der Waals surface area contributed by atoms with Crippen molar-refractivity contribution in [2.75, 3.05) is 14.2 Å². The molecule has 1 atom stereocenters. The minimum atomic E-state index is -2.65. The van der Waals surface area contributed by atoms with Gasteiger partial charge >= 0.3 is 8.25 Å². The van der Waals surface area contributed by atoms with E-state index in [1.807, 2.05) is 0 Å². The van der Waals surface area contributed by atoms with E-state index in [2.05, 4.69) is 0 Å². The minimum absolute atomic E-state index is 0.610. The molecule has 1 N–H and O–H groups in total. The number of hydrogen-bond donors (Lipinski definition) is 1. The van der Waals surface area contributed by atoms with Crippen LogP contribution < -0.4 is 9.47 Å². The molecule has 1 fully saturated rings. The van der Waals surface area contributed by atoms with Gasteiger partial charge in [-0.1, -0.05) is 6.07 Å². The molecule has 0 heterocycles. The zero-order valence-corrected chi connectivity index (χ0v) is 10.6. The van der Waals surface area contributed by atoms with E-state index in [1.165, 1.54) is 0 Å². The lowest BCUT2D eigenvalue weighted by atomic mass is 10.1. The van der Waals surface area contributed by atoms with E-state index < -0.39 is 13.9 Å². The van der Waals surface area contributed by atoms with E-state index >= 15 is 0 Å². The SMILES string of the molecule is COc1cccc(OC)c1C1(O[P+](=O)O)CC1. The first-order chi connectivity index (χ1) is 8.13. The summed E-state index contributed by atoms with van der Waals surface area (Å²) >= 11 is 0. The van der Waals surface area contributed by atoms with Gasteiger partial charge in [-0.25, -0.2) is 0 Å². The van der Waals surface area contributed by atoms with Crippen LogP contribution in [0.15, 0.2) is 18.2 Å². The number of hydrogen-bond acceptors (Lipinski definition) is 4. The molecule has 2 rings (SSSR count). The van der Waals surface area contributed by atoms with Crippen LogP contribution in [-0.4, -0.2) is 19.1 Å². The molecule has 1 aromatic carbocycles. The lowest BCUT2D eigenvalue weighted by molar-refractivity contribution is 0.161. The van der Waals surface area contributed by atoms with Gasteiger partial charge in [0.1, 0.15) is 11.5 Å². The van der Waals surface area contributed by atoms with Crippen molar-refractivity contribution in [3.63, 3.8) is 0 Å². The lowest BCUT2D eigenvalue weighted by Gasteiger charge is -2.16. The molecule has 0 saturated heterocycles. The molecule has 17 heavy (non-hydrogen) atoms. The van der Waals surface area contributed by atoms with Crippen molar-refractivity contribution in [1.82, 2.24) is 0 Å². The summed E-state index contributed by atoms with van der Waals surface area (Å²) in [7, 11) is 0.452. The summed E-state index contributed by atoms with van der Waals surface area (Å²) in [5.74, 6) is 1.22. The maximum absolute atomic E-state index is 10.9. The van der Waals surface area contributed by atoms with Crippen molar-refractivity contribution in [3.05, 3.63) is 23.8 Å². The van der Waals surface area contributed by atoms with Crippen LogP contribution in [0, 0.1) is 0 Å². The summed E-state index contributed by atoms with van der Waals surface area (Å²) < 4.78 is 26.5. The Morgan fingerprint density at radius 1 is 1.24 bits per heavy atom. The minimum Gasteiger partial charge on any atom is -0.496 e. The molecule has 1 unspecified atom stereocenters. The summed E-state index contributed by atoms with van der Waals surface area (Å²) in [6.45, 7) is 0. The Morgan fingerprint density at radius 3 is 2.12 bits per heavy atom. The van der Waals surface area contributed by atoms with Gasteiger partial charge in [-0.15, -0.1) is 9.42 Å². The highest BCUT2D eigenvalue weighted by atomic mass is 31.1. The fraction of sp³-hybridized carbons (Fsp3) is 0.455. The van der Waals surface area contributed by atoms with Crippen molar-refractivity contribution in [2.45, 2.75) is 18.4 Å². The van der Waals surface area contributed by atoms with Gasteiger partial charge in [-0.05, 0) is 25.0 Å². The third kappa shape index (κ3) is 2.27. The largest absolute Gasteiger partial charge is 0.695 e. The molecule has 1 aliphatic carbocycles. The second-order valence-electron chi connectivity index (χ2n) is 3.86. The van der Waals surface area contributed by atoms with Crippen LogP contribution in [0.1, 0.15) is 18.4 Å². The summed E-state index contributed by atoms with van der Waals surface area (Å²) in [4.78, 5) is 8.92. The van der Waals surface area contributed by atoms with E-state index in [1.54, 1.807) is 32.4 Å². The molecule has 0 aromatic heterocycles. The Morgan fingerprint density at radius 2 is 1.76 bits per heavy atom. The summed E-state index contributed by atoms with van der Waals surface area (Å²) in [5, 5.41) is 0. The molecule has 5 nitrogen and oxygen atoms in total. The lowest BCUT2D eigenvalue weighted by Crippen LogP contribution is -2.11. The number of rotatable bonds is 5. The van der Waals surface area contributed by atoms with Crippen LogP contribution in [0.2, 0.25) is 0 Å². The number of methoxy groups -OCH3 is 2. The smallest absolute Gasteiger partial charge is 0.496 e. The van der Waals surface area contributed by atoms with Gasteiger partial charge in [0.25, 0.3) is 0 Å². The highest BCUT2D eigenvalue weighted by Crippen LogP contribution is 2.58. The molecular formula is C11H14O5P+. The van der Waals surface area contributed by atoms with Gasteiger partial charge in [-0.2, -0.15) is 0 Å². The molecular weight excluding hydrogens is 243 g/mol. The molecule has 6 heteroatoms. The standard InChI is InChI=1S/C11H13O5P/c1-14-8-4-3-5-9(15-2)10(8)11(6-7-11)16-17(12)13/h3-5H,6-7H2,1-2H3/p+1. The van der Waals surface area contributed by atoms with Gasteiger partial charge in [0.15, 0.2) is 5.60 Å². The maximum Gasteiger partial charge on any atom is 0.695 e. The molecule has 1 aliphatic rings. The van der Waals surface area contributed by atoms with Crippen LogP contribution in [0.4, 0.5) is 0 Å². The first kappa shape index (κ1) is 12.3. The third-order valence-corrected chi connectivity index (χ3v) is 3.35. The van der Waals surface area contributed by atoms with Crippen LogP contribution >= 0.6 is 8.25 Å². The fourth-order valence-electron chi connectivity index (χ4n) is 1.95. The van der Waals surface area contributed by atoms with E-state index in [0.29, 0.717) is 29.9 Å². The Labute approximate surface area is 100 Å². The van der Waals surface area contributed by atoms with Gasteiger partial charge in [0.2, 0.25) is 0 Å². The quantitative estimate of drug-likeness (QED) is 0.820. The molecule has 1 aromatic rings. The van der Waals surface area contributed by atoms with Crippen LogP contribution in [0.5, 0.6) is 11.5 Å². The normalized spacial score (nSPS) is 17.5. The van der Waals surface area contributed by atoms with Crippen molar-refractivity contribution < 1.29 is 23.5 Å². The number of benzene rings is 1. The maximum atomic E-state index is 10.9. The Kier molecular flexibility index (Phi) is 3.33. The second kappa shape index (κ2) is 4.61. The molecule has 92 valence electrons.